The molecular formula is C15H8Cl2F4N2O2S. The van der Waals surface area contributed by atoms with Crippen LogP contribution in [0, 0.1) is 5.82 Å². The van der Waals surface area contributed by atoms with Gasteiger partial charge in [-0.05, 0) is 18.2 Å². The van der Waals surface area contributed by atoms with Crippen molar-refractivity contribution in [3.8, 4) is 11.1 Å². The van der Waals surface area contributed by atoms with E-state index in [1.807, 2.05) is 0 Å². The van der Waals surface area contributed by atoms with Gasteiger partial charge in [0.25, 0.3) is 0 Å². The molecular weight excluding hydrogens is 419 g/mol. The number of aromatic nitrogens is 2. The molecule has 2 heterocycles. The smallest absolute Gasteiger partial charge is 0.295 e. The molecule has 138 valence electrons. The molecule has 0 fully saturated rings. The Morgan fingerprint density at radius 3 is 2.35 bits per heavy atom. The standard InChI is InChI=1S/C15H8Cl2F4N2O2S/c1-26(24,25)11-4-7(10(18)5-8(11)16)13-9(17)6-12(15(19,20)21)23-3-2-22-14(13)23/h2-6H,1H3. The van der Waals surface area contributed by atoms with Crippen molar-refractivity contribution in [2.24, 2.45) is 0 Å². The Balaban J connectivity index is 2.42. The van der Waals surface area contributed by atoms with Crippen molar-refractivity contribution in [3.05, 3.63) is 52.1 Å². The number of sulfone groups is 1. The van der Waals surface area contributed by atoms with Gasteiger partial charge in [-0.15, -0.1) is 0 Å². The van der Waals surface area contributed by atoms with E-state index < -0.39 is 32.5 Å². The van der Waals surface area contributed by atoms with Crippen LogP contribution in [0.2, 0.25) is 10.0 Å². The predicted octanol–water partition coefficient (Wildman–Crippen LogP) is 4.87. The van der Waals surface area contributed by atoms with Crippen molar-refractivity contribution in [1.82, 2.24) is 9.38 Å². The van der Waals surface area contributed by atoms with Crippen LogP contribution in [0.3, 0.4) is 0 Å². The number of imidazole rings is 1. The Bertz CT molecular complexity index is 1140. The molecule has 3 rings (SSSR count). The number of hydrogen-bond donors (Lipinski definition) is 0. The van der Waals surface area contributed by atoms with Gasteiger partial charge < -0.3 is 0 Å². The highest BCUT2D eigenvalue weighted by Crippen LogP contribution is 2.40. The monoisotopic (exact) mass is 426 g/mol. The fourth-order valence-electron chi connectivity index (χ4n) is 2.52. The van der Waals surface area contributed by atoms with Crippen LogP contribution in [-0.2, 0) is 16.0 Å². The lowest BCUT2D eigenvalue weighted by Gasteiger charge is -2.15. The van der Waals surface area contributed by atoms with E-state index in [2.05, 4.69) is 4.98 Å². The maximum Gasteiger partial charge on any atom is 0.431 e. The van der Waals surface area contributed by atoms with Gasteiger partial charge in [0.05, 0.1) is 14.9 Å². The highest BCUT2D eigenvalue weighted by molar-refractivity contribution is 7.90. The number of benzene rings is 1. The molecule has 1 aromatic carbocycles. The van der Waals surface area contributed by atoms with E-state index in [9.17, 15) is 26.0 Å². The first-order valence-electron chi connectivity index (χ1n) is 6.83. The summed E-state index contributed by atoms with van der Waals surface area (Å²) in [4.78, 5) is 3.44. The first-order chi connectivity index (χ1) is 11.9. The third-order valence-corrected chi connectivity index (χ3v) is 5.47. The lowest BCUT2D eigenvalue weighted by molar-refractivity contribution is -0.142. The predicted molar refractivity (Wildman–Crippen MR) is 88.7 cm³/mol. The third-order valence-electron chi connectivity index (χ3n) is 3.61. The number of hydrogen-bond acceptors (Lipinski definition) is 3. The highest BCUT2D eigenvalue weighted by atomic mass is 35.5. The second-order valence-corrected chi connectivity index (χ2v) is 8.20. The SMILES string of the molecule is CS(=O)(=O)c1cc(-c2c(Cl)cc(C(F)(F)F)n3ccnc23)c(F)cc1Cl. The van der Waals surface area contributed by atoms with Crippen molar-refractivity contribution < 1.29 is 26.0 Å². The summed E-state index contributed by atoms with van der Waals surface area (Å²) in [5.74, 6) is -0.950. The molecule has 0 radical (unpaired) electrons. The lowest BCUT2D eigenvalue weighted by atomic mass is 10.1. The first-order valence-corrected chi connectivity index (χ1v) is 9.48. The summed E-state index contributed by atoms with van der Waals surface area (Å²) >= 11 is 11.8. The van der Waals surface area contributed by atoms with Crippen molar-refractivity contribution in [3.63, 3.8) is 0 Å². The molecule has 0 saturated heterocycles. The summed E-state index contributed by atoms with van der Waals surface area (Å²) in [5, 5.41) is -0.784. The van der Waals surface area contributed by atoms with Crippen LogP contribution in [0.25, 0.3) is 16.8 Å². The maximum atomic E-state index is 14.5. The van der Waals surface area contributed by atoms with Crippen molar-refractivity contribution in [1.29, 1.82) is 0 Å². The van der Waals surface area contributed by atoms with Gasteiger partial charge in [-0.2, -0.15) is 13.2 Å². The van der Waals surface area contributed by atoms with E-state index in [4.69, 9.17) is 23.2 Å². The zero-order valence-electron chi connectivity index (χ0n) is 12.8. The number of nitrogens with zero attached hydrogens (tertiary/aromatic N) is 2. The minimum absolute atomic E-state index is 0.177. The molecule has 0 unspecified atom stereocenters. The zero-order valence-corrected chi connectivity index (χ0v) is 15.1. The fraction of sp³-hybridized carbons (Fsp3) is 0.133. The van der Waals surface area contributed by atoms with Crippen LogP contribution in [0.15, 0.2) is 35.5 Å². The highest BCUT2D eigenvalue weighted by Gasteiger charge is 2.35. The van der Waals surface area contributed by atoms with Crippen LogP contribution >= 0.6 is 23.2 Å². The molecule has 0 saturated carbocycles. The zero-order chi connectivity index (χ0) is 19.4. The molecule has 0 bridgehead atoms. The molecule has 4 nitrogen and oxygen atoms in total. The van der Waals surface area contributed by atoms with Crippen LogP contribution in [0.4, 0.5) is 17.6 Å². The summed E-state index contributed by atoms with van der Waals surface area (Å²) in [7, 11) is -3.81. The van der Waals surface area contributed by atoms with Crippen LogP contribution in [-0.4, -0.2) is 24.1 Å². The largest absolute Gasteiger partial charge is 0.431 e. The Morgan fingerprint density at radius 2 is 1.77 bits per heavy atom. The molecule has 2 aromatic heterocycles. The first kappa shape index (κ1) is 18.9. The van der Waals surface area contributed by atoms with Gasteiger partial charge in [0, 0.05) is 29.8 Å². The molecule has 3 aromatic rings. The Labute approximate surface area is 154 Å². The number of fused-ring (bicyclic) bond motifs is 1. The van der Waals surface area contributed by atoms with Crippen LogP contribution in [0.5, 0.6) is 0 Å². The Morgan fingerprint density at radius 1 is 1.12 bits per heavy atom. The molecule has 0 aliphatic heterocycles. The number of rotatable bonds is 2. The van der Waals surface area contributed by atoms with Crippen molar-refractivity contribution in [2.45, 2.75) is 11.1 Å². The van der Waals surface area contributed by atoms with Gasteiger partial charge in [-0.1, -0.05) is 23.2 Å². The van der Waals surface area contributed by atoms with Crippen LogP contribution < -0.4 is 0 Å². The number of pyridine rings is 1. The van der Waals surface area contributed by atoms with E-state index in [0.29, 0.717) is 10.5 Å². The van der Waals surface area contributed by atoms with Crippen LogP contribution in [0.1, 0.15) is 5.69 Å². The van der Waals surface area contributed by atoms with Gasteiger partial charge >= 0.3 is 6.18 Å². The van der Waals surface area contributed by atoms with Gasteiger partial charge in [-0.25, -0.2) is 17.8 Å². The average molecular weight is 427 g/mol. The van der Waals surface area contributed by atoms with Crippen molar-refractivity contribution >= 4 is 38.7 Å². The van der Waals surface area contributed by atoms with Gasteiger partial charge in [-0.3, -0.25) is 4.40 Å². The summed E-state index contributed by atoms with van der Waals surface area (Å²) in [5.41, 5.74) is -1.88. The van der Waals surface area contributed by atoms with Gasteiger partial charge in [0.1, 0.15) is 17.2 Å². The minimum Gasteiger partial charge on any atom is -0.295 e. The molecule has 0 N–H and O–H groups in total. The average Bonchev–Trinajstić information content (AvgIpc) is 2.94. The summed E-state index contributed by atoms with van der Waals surface area (Å²) in [6.45, 7) is 0. The normalized spacial score (nSPS) is 12.7. The second-order valence-electron chi connectivity index (χ2n) is 5.41. The topological polar surface area (TPSA) is 51.4 Å². The Hall–Kier alpha value is -1.84. The summed E-state index contributed by atoms with van der Waals surface area (Å²) < 4.78 is 78.4. The minimum atomic E-state index is -4.72. The van der Waals surface area contributed by atoms with Crippen molar-refractivity contribution in [2.75, 3.05) is 6.26 Å². The van der Waals surface area contributed by atoms with E-state index in [1.165, 1.54) is 0 Å². The Kier molecular flexibility index (Phi) is 4.45. The summed E-state index contributed by atoms with van der Waals surface area (Å²) in [6.07, 6.45) is -1.72. The van der Waals surface area contributed by atoms with Gasteiger partial charge in [0.2, 0.25) is 0 Å². The van der Waals surface area contributed by atoms with Gasteiger partial charge in [0.15, 0.2) is 9.84 Å². The van der Waals surface area contributed by atoms with E-state index in [1.54, 1.807) is 0 Å². The number of alkyl halides is 3. The molecule has 0 amide bonds. The molecule has 0 spiro atoms. The number of halogens is 6. The second kappa shape index (κ2) is 6.11. The molecule has 0 atom stereocenters. The summed E-state index contributed by atoms with van der Waals surface area (Å²) in [6, 6.07) is 2.32. The molecule has 0 aliphatic carbocycles. The van der Waals surface area contributed by atoms with E-state index >= 15 is 0 Å². The molecule has 0 aliphatic rings. The fourth-order valence-corrected chi connectivity index (χ4v) is 4.13. The molecule has 11 heteroatoms. The van der Waals surface area contributed by atoms with E-state index in [-0.39, 0.29) is 26.7 Å². The lowest BCUT2D eigenvalue weighted by Crippen LogP contribution is -2.12. The maximum absolute atomic E-state index is 14.5. The molecule has 26 heavy (non-hydrogen) atoms. The third kappa shape index (κ3) is 3.15. The van der Waals surface area contributed by atoms with E-state index in [0.717, 1.165) is 30.8 Å². The quantitative estimate of drug-likeness (QED) is 0.433.